The molecule has 2 heterocycles. The highest BCUT2D eigenvalue weighted by Gasteiger charge is 2.26. The van der Waals surface area contributed by atoms with Crippen LogP contribution in [0.5, 0.6) is 0 Å². The number of aliphatic imine (C=N–C) groups is 1. The van der Waals surface area contributed by atoms with Gasteiger partial charge in [0.1, 0.15) is 18.2 Å². The minimum absolute atomic E-state index is 0.120. The van der Waals surface area contributed by atoms with Crippen LogP contribution in [0, 0.1) is 0 Å². The number of nitrogens with zero attached hydrogens (tertiary/aromatic N) is 2. The van der Waals surface area contributed by atoms with Crippen molar-refractivity contribution < 1.29 is 0 Å². The molecule has 1 aromatic heterocycles. The third-order valence-electron chi connectivity index (χ3n) is 8.29. The molecule has 7 aromatic rings. The summed E-state index contributed by atoms with van der Waals surface area (Å²) >= 11 is 0. The summed E-state index contributed by atoms with van der Waals surface area (Å²) < 4.78 is 2.35. The number of para-hydroxylation sites is 2. The molecule has 0 radical (unpaired) electrons. The standard InChI is InChI=1S/C39H30N4/c1-3-12-27(13-4-1)30-16-11-17-31(26-30)39-41-37(28-14-5-2-6-15-28)40-38(42-39)29-22-24-32(25-23-29)43-35-20-9-7-18-33(35)34-19-8-10-21-36(34)43/h1-26,38-39,42H,(H,40,41). The number of hydrogen-bond acceptors (Lipinski definition) is 3. The van der Waals surface area contributed by atoms with E-state index < -0.39 is 0 Å². The van der Waals surface area contributed by atoms with Crippen LogP contribution in [-0.2, 0) is 0 Å². The van der Waals surface area contributed by atoms with Crippen LogP contribution in [0.1, 0.15) is 29.0 Å². The molecule has 0 spiro atoms. The molecule has 6 aromatic carbocycles. The van der Waals surface area contributed by atoms with Gasteiger partial charge >= 0.3 is 0 Å². The summed E-state index contributed by atoms with van der Waals surface area (Å²) in [6, 6.07) is 55.7. The smallest absolute Gasteiger partial charge is 0.131 e. The van der Waals surface area contributed by atoms with Crippen LogP contribution in [0.4, 0.5) is 0 Å². The minimum atomic E-state index is -0.206. The largest absolute Gasteiger partial charge is 0.350 e. The average molecular weight is 555 g/mol. The minimum Gasteiger partial charge on any atom is -0.350 e. The van der Waals surface area contributed by atoms with E-state index in [0.717, 1.165) is 28.2 Å². The lowest BCUT2D eigenvalue weighted by molar-refractivity contribution is 0.409. The van der Waals surface area contributed by atoms with Gasteiger partial charge < -0.3 is 9.88 Å². The van der Waals surface area contributed by atoms with Gasteiger partial charge in [0.25, 0.3) is 0 Å². The molecule has 206 valence electrons. The van der Waals surface area contributed by atoms with Crippen molar-refractivity contribution in [2.45, 2.75) is 12.3 Å². The predicted octanol–water partition coefficient (Wildman–Crippen LogP) is 8.79. The van der Waals surface area contributed by atoms with E-state index in [0.29, 0.717) is 0 Å². The summed E-state index contributed by atoms with van der Waals surface area (Å²) in [4.78, 5) is 5.15. The van der Waals surface area contributed by atoms with E-state index in [9.17, 15) is 0 Å². The highest BCUT2D eigenvalue weighted by molar-refractivity contribution is 6.09. The molecule has 0 aliphatic carbocycles. The van der Waals surface area contributed by atoms with Gasteiger partial charge in [-0.25, -0.2) is 4.99 Å². The highest BCUT2D eigenvalue weighted by atomic mass is 15.3. The van der Waals surface area contributed by atoms with Crippen molar-refractivity contribution in [1.82, 2.24) is 15.2 Å². The van der Waals surface area contributed by atoms with Gasteiger partial charge in [-0.15, -0.1) is 0 Å². The van der Waals surface area contributed by atoms with Gasteiger partial charge in [-0.2, -0.15) is 0 Å². The molecule has 1 aliphatic heterocycles. The van der Waals surface area contributed by atoms with Gasteiger partial charge in [0.2, 0.25) is 0 Å². The summed E-state index contributed by atoms with van der Waals surface area (Å²) in [6.07, 6.45) is -0.326. The Bertz CT molecular complexity index is 2020. The zero-order valence-electron chi connectivity index (χ0n) is 23.6. The molecule has 2 N–H and O–H groups in total. The van der Waals surface area contributed by atoms with Crippen molar-refractivity contribution in [3.63, 3.8) is 0 Å². The summed E-state index contributed by atoms with van der Waals surface area (Å²) in [6.45, 7) is 0. The average Bonchev–Trinajstić information content (AvgIpc) is 3.43. The molecule has 2 unspecified atom stereocenters. The van der Waals surface area contributed by atoms with Crippen molar-refractivity contribution in [3.05, 3.63) is 174 Å². The molecule has 4 heteroatoms. The fourth-order valence-corrected chi connectivity index (χ4v) is 6.18. The number of hydrogen-bond donors (Lipinski definition) is 2. The lowest BCUT2D eigenvalue weighted by Crippen LogP contribution is -2.44. The van der Waals surface area contributed by atoms with E-state index in [1.54, 1.807) is 0 Å². The first kappa shape index (κ1) is 25.3. The maximum absolute atomic E-state index is 5.15. The normalized spacial score (nSPS) is 16.6. The zero-order valence-corrected chi connectivity index (χ0v) is 23.6. The van der Waals surface area contributed by atoms with E-state index in [4.69, 9.17) is 4.99 Å². The second-order valence-electron chi connectivity index (χ2n) is 10.9. The molecule has 0 bridgehead atoms. The second-order valence-corrected chi connectivity index (χ2v) is 10.9. The number of fused-ring (bicyclic) bond motifs is 3. The van der Waals surface area contributed by atoms with Crippen molar-refractivity contribution in [3.8, 4) is 16.8 Å². The van der Waals surface area contributed by atoms with E-state index >= 15 is 0 Å². The van der Waals surface area contributed by atoms with Crippen LogP contribution in [0.25, 0.3) is 38.6 Å². The van der Waals surface area contributed by atoms with Gasteiger partial charge in [-0.05, 0) is 52.6 Å². The first-order valence-electron chi connectivity index (χ1n) is 14.7. The molecule has 0 fully saturated rings. The predicted molar refractivity (Wildman–Crippen MR) is 177 cm³/mol. The Kier molecular flexibility index (Phi) is 6.32. The van der Waals surface area contributed by atoms with Crippen LogP contribution in [0.15, 0.2) is 163 Å². The van der Waals surface area contributed by atoms with Crippen LogP contribution in [0.2, 0.25) is 0 Å². The molecule has 0 saturated heterocycles. The summed E-state index contributed by atoms with van der Waals surface area (Å²) in [5.41, 5.74) is 9.29. The third kappa shape index (κ3) is 4.68. The van der Waals surface area contributed by atoms with Crippen LogP contribution >= 0.6 is 0 Å². The Morgan fingerprint density at radius 3 is 1.74 bits per heavy atom. The van der Waals surface area contributed by atoms with Gasteiger partial charge in [-0.3, -0.25) is 5.32 Å². The van der Waals surface area contributed by atoms with Crippen LogP contribution in [0.3, 0.4) is 0 Å². The van der Waals surface area contributed by atoms with Gasteiger partial charge in [-0.1, -0.05) is 127 Å². The zero-order chi connectivity index (χ0) is 28.6. The van der Waals surface area contributed by atoms with Crippen molar-refractivity contribution in [2.24, 2.45) is 4.99 Å². The van der Waals surface area contributed by atoms with E-state index in [1.807, 2.05) is 6.07 Å². The molecular weight excluding hydrogens is 524 g/mol. The Morgan fingerprint density at radius 1 is 0.488 bits per heavy atom. The summed E-state index contributed by atoms with van der Waals surface area (Å²) in [5, 5.41) is 9.98. The highest BCUT2D eigenvalue weighted by Crippen LogP contribution is 2.33. The fraction of sp³-hybridized carbons (Fsp3) is 0.0513. The molecule has 2 atom stereocenters. The topological polar surface area (TPSA) is 41.4 Å². The number of aromatic nitrogens is 1. The lowest BCUT2D eigenvalue weighted by atomic mass is 10.0. The van der Waals surface area contributed by atoms with Gasteiger partial charge in [0, 0.05) is 22.0 Å². The Balaban J connectivity index is 1.17. The Hall–Kier alpha value is -5.45. The van der Waals surface area contributed by atoms with Crippen molar-refractivity contribution >= 4 is 27.6 Å². The van der Waals surface area contributed by atoms with E-state index in [1.165, 1.54) is 32.9 Å². The van der Waals surface area contributed by atoms with Gasteiger partial charge in [0.15, 0.2) is 0 Å². The first-order valence-corrected chi connectivity index (χ1v) is 14.7. The first-order chi connectivity index (χ1) is 21.3. The summed E-state index contributed by atoms with van der Waals surface area (Å²) in [5.74, 6) is 0.880. The van der Waals surface area contributed by atoms with E-state index in [2.05, 4.69) is 167 Å². The van der Waals surface area contributed by atoms with Crippen LogP contribution in [-0.4, -0.2) is 10.4 Å². The van der Waals surface area contributed by atoms with Gasteiger partial charge in [0.05, 0.1) is 11.0 Å². The maximum Gasteiger partial charge on any atom is 0.131 e. The van der Waals surface area contributed by atoms with Crippen LogP contribution < -0.4 is 10.6 Å². The molecule has 1 aliphatic rings. The van der Waals surface area contributed by atoms with Crippen molar-refractivity contribution in [2.75, 3.05) is 0 Å². The monoisotopic (exact) mass is 554 g/mol. The number of benzene rings is 6. The molecular formula is C39H30N4. The molecule has 4 nitrogen and oxygen atoms in total. The molecule has 0 saturated carbocycles. The maximum atomic E-state index is 5.15. The number of amidine groups is 1. The number of nitrogens with one attached hydrogen (secondary N) is 2. The van der Waals surface area contributed by atoms with E-state index in [-0.39, 0.29) is 12.3 Å². The van der Waals surface area contributed by atoms with Crippen molar-refractivity contribution in [1.29, 1.82) is 0 Å². The second kappa shape index (κ2) is 10.8. The third-order valence-corrected chi connectivity index (χ3v) is 8.29. The Labute approximate surface area is 251 Å². The molecule has 8 rings (SSSR count). The summed E-state index contributed by atoms with van der Waals surface area (Å²) in [7, 11) is 0. The Morgan fingerprint density at radius 2 is 1.07 bits per heavy atom. The quantitative estimate of drug-likeness (QED) is 0.223. The fourth-order valence-electron chi connectivity index (χ4n) is 6.18. The number of rotatable bonds is 5. The molecule has 43 heavy (non-hydrogen) atoms. The SMILES string of the molecule is c1ccc(C2=NC(c3cccc(-c4ccccc4)c3)NC(c3ccc(-n4c5ccccc5c5ccccc54)cc3)N2)cc1. The molecule has 0 amide bonds. The lowest BCUT2D eigenvalue weighted by Gasteiger charge is -2.32.